The molecule has 2 rings (SSSR count). The van der Waals surface area contributed by atoms with Gasteiger partial charge in [-0.3, -0.25) is 4.68 Å². The van der Waals surface area contributed by atoms with E-state index in [-0.39, 0.29) is 0 Å². The van der Waals surface area contributed by atoms with Crippen molar-refractivity contribution in [3.05, 3.63) is 35.2 Å². The van der Waals surface area contributed by atoms with Crippen LogP contribution in [0.25, 0.3) is 0 Å². The highest BCUT2D eigenvalue weighted by Crippen LogP contribution is 2.27. The molecule has 0 atom stereocenters. The van der Waals surface area contributed by atoms with E-state index in [0.717, 1.165) is 12.1 Å². The SMILES string of the molecule is CCn1cc(Oc2ncc(CN)cc2Cl)cn1. The van der Waals surface area contributed by atoms with Gasteiger partial charge in [-0.1, -0.05) is 11.6 Å². The Bertz CT molecular complexity index is 512. The van der Waals surface area contributed by atoms with Gasteiger partial charge in [-0.05, 0) is 18.6 Å². The summed E-state index contributed by atoms with van der Waals surface area (Å²) >= 11 is 6.03. The first kappa shape index (κ1) is 11.9. The zero-order valence-corrected chi connectivity index (χ0v) is 10.2. The lowest BCUT2D eigenvalue weighted by atomic mass is 10.3. The number of aromatic nitrogens is 3. The van der Waals surface area contributed by atoms with Crippen molar-refractivity contribution < 1.29 is 4.74 Å². The molecule has 0 spiro atoms. The summed E-state index contributed by atoms with van der Waals surface area (Å²) in [5.41, 5.74) is 6.36. The maximum Gasteiger partial charge on any atom is 0.238 e. The summed E-state index contributed by atoms with van der Waals surface area (Å²) in [5, 5.41) is 4.54. The Hall–Kier alpha value is -1.59. The van der Waals surface area contributed by atoms with Gasteiger partial charge in [0.2, 0.25) is 5.88 Å². The fourth-order valence-corrected chi connectivity index (χ4v) is 1.56. The van der Waals surface area contributed by atoms with Gasteiger partial charge >= 0.3 is 0 Å². The van der Waals surface area contributed by atoms with Gasteiger partial charge in [0.1, 0.15) is 5.02 Å². The van der Waals surface area contributed by atoms with Crippen molar-refractivity contribution >= 4 is 11.6 Å². The van der Waals surface area contributed by atoms with Crippen LogP contribution in [-0.2, 0) is 13.1 Å². The van der Waals surface area contributed by atoms with Crippen LogP contribution in [0.3, 0.4) is 0 Å². The zero-order chi connectivity index (χ0) is 12.3. The second-order valence-electron chi connectivity index (χ2n) is 3.47. The van der Waals surface area contributed by atoms with Crippen LogP contribution in [0.5, 0.6) is 11.6 Å². The average molecular weight is 253 g/mol. The van der Waals surface area contributed by atoms with Crippen LogP contribution in [0.1, 0.15) is 12.5 Å². The molecule has 0 radical (unpaired) electrons. The molecule has 0 aliphatic carbocycles. The Morgan fingerprint density at radius 1 is 1.47 bits per heavy atom. The Balaban J connectivity index is 2.18. The first-order chi connectivity index (χ1) is 8.22. The number of aryl methyl sites for hydroxylation is 1. The van der Waals surface area contributed by atoms with Crippen molar-refractivity contribution in [1.29, 1.82) is 0 Å². The minimum Gasteiger partial charge on any atom is -0.434 e. The molecule has 0 amide bonds. The van der Waals surface area contributed by atoms with Crippen molar-refractivity contribution in [2.45, 2.75) is 20.0 Å². The molecule has 6 heteroatoms. The molecule has 0 bridgehead atoms. The molecule has 5 nitrogen and oxygen atoms in total. The molecule has 0 saturated heterocycles. The molecule has 0 aliphatic rings. The lowest BCUT2D eigenvalue weighted by molar-refractivity contribution is 0.461. The van der Waals surface area contributed by atoms with Gasteiger partial charge in [0.25, 0.3) is 0 Å². The van der Waals surface area contributed by atoms with E-state index < -0.39 is 0 Å². The summed E-state index contributed by atoms with van der Waals surface area (Å²) < 4.78 is 7.29. The summed E-state index contributed by atoms with van der Waals surface area (Å²) in [6.07, 6.45) is 5.05. The summed E-state index contributed by atoms with van der Waals surface area (Å²) in [6, 6.07) is 1.74. The maximum absolute atomic E-state index is 6.03. The Morgan fingerprint density at radius 2 is 2.29 bits per heavy atom. The monoisotopic (exact) mass is 252 g/mol. The molecule has 2 aromatic rings. The normalized spacial score (nSPS) is 10.5. The summed E-state index contributed by atoms with van der Waals surface area (Å²) in [7, 11) is 0. The minimum atomic E-state index is 0.361. The van der Waals surface area contributed by atoms with Gasteiger partial charge in [0.05, 0.1) is 12.4 Å². The third-order valence-electron chi connectivity index (χ3n) is 2.25. The molecule has 2 N–H and O–H groups in total. The number of hydrogen-bond acceptors (Lipinski definition) is 4. The molecule has 0 fully saturated rings. The van der Waals surface area contributed by atoms with Gasteiger partial charge in [-0.25, -0.2) is 4.98 Å². The summed E-state index contributed by atoms with van der Waals surface area (Å²) in [4.78, 5) is 4.11. The molecule has 0 aliphatic heterocycles. The van der Waals surface area contributed by atoms with Gasteiger partial charge < -0.3 is 10.5 Å². The number of nitrogens with two attached hydrogens (primary N) is 1. The van der Waals surface area contributed by atoms with Crippen LogP contribution >= 0.6 is 11.6 Å². The van der Waals surface area contributed by atoms with Crippen molar-refractivity contribution in [3.63, 3.8) is 0 Å². The molecule has 2 heterocycles. The van der Waals surface area contributed by atoms with Crippen molar-refractivity contribution in [3.8, 4) is 11.6 Å². The number of pyridine rings is 1. The molecule has 90 valence electrons. The first-order valence-corrected chi connectivity index (χ1v) is 5.65. The Kier molecular flexibility index (Phi) is 3.61. The highest BCUT2D eigenvalue weighted by atomic mass is 35.5. The zero-order valence-electron chi connectivity index (χ0n) is 9.43. The number of ether oxygens (including phenoxy) is 1. The largest absolute Gasteiger partial charge is 0.434 e. The second kappa shape index (κ2) is 5.16. The van der Waals surface area contributed by atoms with E-state index in [1.165, 1.54) is 0 Å². The summed E-state index contributed by atoms with van der Waals surface area (Å²) in [6.45, 7) is 3.19. The molecular formula is C11H13ClN4O. The van der Waals surface area contributed by atoms with Gasteiger partial charge in [0, 0.05) is 19.3 Å². The Morgan fingerprint density at radius 3 is 2.88 bits per heavy atom. The quantitative estimate of drug-likeness (QED) is 0.906. The van der Waals surface area contributed by atoms with Gasteiger partial charge in [-0.15, -0.1) is 0 Å². The third-order valence-corrected chi connectivity index (χ3v) is 2.52. The number of rotatable bonds is 4. The van der Waals surface area contributed by atoms with Gasteiger partial charge in [-0.2, -0.15) is 5.10 Å². The van der Waals surface area contributed by atoms with Crippen LogP contribution in [0, 0.1) is 0 Å². The van der Waals surface area contributed by atoms with Gasteiger partial charge in [0.15, 0.2) is 5.75 Å². The maximum atomic E-state index is 6.03. The minimum absolute atomic E-state index is 0.361. The molecule has 0 unspecified atom stereocenters. The fraction of sp³-hybridized carbons (Fsp3) is 0.273. The van der Waals surface area contributed by atoms with E-state index in [1.54, 1.807) is 29.3 Å². The predicted octanol–water partition coefficient (Wildman–Crippen LogP) is 2.20. The highest BCUT2D eigenvalue weighted by Gasteiger charge is 2.07. The second-order valence-corrected chi connectivity index (χ2v) is 3.88. The standard InChI is InChI=1S/C11H13ClN4O/c1-2-16-7-9(6-15-16)17-11-10(12)3-8(4-13)5-14-11/h3,5-7H,2,4,13H2,1H3. The van der Waals surface area contributed by atoms with Crippen LogP contribution in [0.4, 0.5) is 0 Å². The van der Waals surface area contributed by atoms with E-state index >= 15 is 0 Å². The molecule has 2 aromatic heterocycles. The van der Waals surface area contributed by atoms with Crippen LogP contribution in [0.2, 0.25) is 5.02 Å². The van der Waals surface area contributed by atoms with Crippen molar-refractivity contribution in [1.82, 2.24) is 14.8 Å². The third kappa shape index (κ3) is 2.75. The smallest absolute Gasteiger partial charge is 0.238 e. The fourth-order valence-electron chi connectivity index (χ4n) is 1.33. The number of nitrogens with zero attached hydrogens (tertiary/aromatic N) is 3. The molecular weight excluding hydrogens is 240 g/mol. The first-order valence-electron chi connectivity index (χ1n) is 5.27. The van der Waals surface area contributed by atoms with E-state index in [0.29, 0.717) is 23.2 Å². The van der Waals surface area contributed by atoms with Crippen molar-refractivity contribution in [2.75, 3.05) is 0 Å². The number of halogens is 1. The van der Waals surface area contributed by atoms with Crippen LogP contribution in [-0.4, -0.2) is 14.8 Å². The topological polar surface area (TPSA) is 66.0 Å². The lowest BCUT2D eigenvalue weighted by Crippen LogP contribution is -1.98. The van der Waals surface area contributed by atoms with E-state index in [4.69, 9.17) is 22.1 Å². The number of hydrogen-bond donors (Lipinski definition) is 1. The summed E-state index contributed by atoms with van der Waals surface area (Å²) in [5.74, 6) is 0.973. The predicted molar refractivity (Wildman–Crippen MR) is 65.1 cm³/mol. The average Bonchev–Trinajstić information content (AvgIpc) is 2.79. The van der Waals surface area contributed by atoms with Crippen LogP contribution in [0.15, 0.2) is 24.7 Å². The van der Waals surface area contributed by atoms with Crippen molar-refractivity contribution in [2.24, 2.45) is 5.73 Å². The Labute approximate surface area is 104 Å². The molecule has 0 saturated carbocycles. The molecule has 0 aromatic carbocycles. The van der Waals surface area contributed by atoms with Crippen LogP contribution < -0.4 is 10.5 Å². The van der Waals surface area contributed by atoms with E-state index in [9.17, 15) is 0 Å². The molecule has 17 heavy (non-hydrogen) atoms. The lowest BCUT2D eigenvalue weighted by Gasteiger charge is -2.05. The van der Waals surface area contributed by atoms with E-state index in [2.05, 4.69) is 10.1 Å². The highest BCUT2D eigenvalue weighted by molar-refractivity contribution is 6.31. The van der Waals surface area contributed by atoms with E-state index in [1.807, 2.05) is 6.92 Å².